The molecule has 2 heterocycles. The van der Waals surface area contributed by atoms with Gasteiger partial charge in [0.1, 0.15) is 0 Å². The van der Waals surface area contributed by atoms with Crippen molar-refractivity contribution in [1.82, 2.24) is 0 Å². The number of carbonyl (C=O) groups is 2. The second kappa shape index (κ2) is 6.55. The van der Waals surface area contributed by atoms with Crippen molar-refractivity contribution in [1.29, 1.82) is 0 Å². The van der Waals surface area contributed by atoms with Crippen LogP contribution < -0.4 is 14.8 Å². The largest absolute Gasteiger partial charge is 0.490 e. The Balaban J connectivity index is 1.76. The van der Waals surface area contributed by atoms with Crippen LogP contribution in [0.25, 0.3) is 11.6 Å². The molecular weight excluding hydrogens is 334 g/mol. The standard InChI is InChI=1S/C20H17NO5/c1-24-20(23)13-6-7-14-15(19(22)21-16(14)11-13)10-12-4-2-5-17-18(12)26-9-3-8-25-17/h2,4-7,10-11H,3,8-9H2,1H3,(H,21,22)/b15-10-. The third-order valence-corrected chi connectivity index (χ3v) is 4.33. The lowest BCUT2D eigenvalue weighted by atomic mass is 10.0. The summed E-state index contributed by atoms with van der Waals surface area (Å²) in [6.45, 7) is 1.17. The monoisotopic (exact) mass is 351 g/mol. The number of benzene rings is 2. The summed E-state index contributed by atoms with van der Waals surface area (Å²) >= 11 is 0. The van der Waals surface area contributed by atoms with Crippen LogP contribution in [0.2, 0.25) is 0 Å². The Bertz CT molecular complexity index is 932. The van der Waals surface area contributed by atoms with Gasteiger partial charge >= 0.3 is 5.97 Å². The minimum atomic E-state index is -0.446. The van der Waals surface area contributed by atoms with Crippen LogP contribution in [0, 0.1) is 0 Å². The quantitative estimate of drug-likeness (QED) is 0.665. The smallest absolute Gasteiger partial charge is 0.337 e. The lowest BCUT2D eigenvalue weighted by molar-refractivity contribution is -0.110. The van der Waals surface area contributed by atoms with Gasteiger partial charge in [-0.15, -0.1) is 0 Å². The maximum Gasteiger partial charge on any atom is 0.337 e. The predicted octanol–water partition coefficient (Wildman–Crippen LogP) is 3.13. The van der Waals surface area contributed by atoms with Crippen LogP contribution in [0.3, 0.4) is 0 Å². The minimum absolute atomic E-state index is 0.228. The van der Waals surface area contributed by atoms with E-state index in [1.807, 2.05) is 18.2 Å². The lowest BCUT2D eigenvalue weighted by Crippen LogP contribution is -2.04. The third kappa shape index (κ3) is 2.79. The Labute approximate surface area is 150 Å². The molecule has 132 valence electrons. The van der Waals surface area contributed by atoms with E-state index in [2.05, 4.69) is 5.32 Å². The molecule has 6 nitrogen and oxygen atoms in total. The number of nitrogens with one attached hydrogen (secondary N) is 1. The molecule has 4 rings (SSSR count). The summed E-state index contributed by atoms with van der Waals surface area (Å²) in [5.41, 5.74) is 2.99. The van der Waals surface area contributed by atoms with E-state index >= 15 is 0 Å². The molecular formula is C20H17NO5. The van der Waals surface area contributed by atoms with Crippen molar-refractivity contribution in [2.75, 3.05) is 25.6 Å². The molecule has 0 bridgehead atoms. The zero-order chi connectivity index (χ0) is 18.1. The van der Waals surface area contributed by atoms with Crippen molar-refractivity contribution in [3.63, 3.8) is 0 Å². The summed E-state index contributed by atoms with van der Waals surface area (Å²) < 4.78 is 16.2. The Hall–Kier alpha value is -3.28. The first kappa shape index (κ1) is 16.2. The zero-order valence-corrected chi connectivity index (χ0v) is 14.2. The molecule has 6 heteroatoms. The van der Waals surface area contributed by atoms with Gasteiger partial charge in [-0.25, -0.2) is 4.79 Å². The van der Waals surface area contributed by atoms with Gasteiger partial charge < -0.3 is 19.5 Å². The fourth-order valence-corrected chi connectivity index (χ4v) is 3.07. The number of hydrogen-bond donors (Lipinski definition) is 1. The molecule has 2 aromatic rings. The number of ether oxygens (including phenoxy) is 3. The van der Waals surface area contributed by atoms with Gasteiger partial charge in [0, 0.05) is 28.8 Å². The molecule has 0 aromatic heterocycles. The highest BCUT2D eigenvalue weighted by atomic mass is 16.5. The molecule has 2 aliphatic heterocycles. The van der Waals surface area contributed by atoms with Crippen LogP contribution in [0.15, 0.2) is 36.4 Å². The molecule has 0 unspecified atom stereocenters. The fraction of sp³-hybridized carbons (Fsp3) is 0.200. The average molecular weight is 351 g/mol. The van der Waals surface area contributed by atoms with E-state index in [0.717, 1.165) is 17.5 Å². The topological polar surface area (TPSA) is 73.9 Å². The van der Waals surface area contributed by atoms with Crippen molar-refractivity contribution in [3.8, 4) is 11.5 Å². The van der Waals surface area contributed by atoms with E-state index < -0.39 is 5.97 Å². The molecule has 26 heavy (non-hydrogen) atoms. The Morgan fingerprint density at radius 2 is 2.04 bits per heavy atom. The number of hydrogen-bond acceptors (Lipinski definition) is 5. The number of fused-ring (bicyclic) bond motifs is 2. The second-order valence-electron chi connectivity index (χ2n) is 5.99. The summed E-state index contributed by atoms with van der Waals surface area (Å²) in [5.74, 6) is 0.647. The second-order valence-corrected chi connectivity index (χ2v) is 5.99. The number of methoxy groups -OCH3 is 1. The number of para-hydroxylation sites is 1. The molecule has 2 aliphatic rings. The molecule has 0 spiro atoms. The molecule has 0 radical (unpaired) electrons. The highest BCUT2D eigenvalue weighted by molar-refractivity contribution is 6.35. The molecule has 1 N–H and O–H groups in total. The molecule has 0 fully saturated rings. The molecule has 0 atom stereocenters. The van der Waals surface area contributed by atoms with Crippen molar-refractivity contribution in [3.05, 3.63) is 53.1 Å². The van der Waals surface area contributed by atoms with Gasteiger partial charge in [-0.2, -0.15) is 0 Å². The van der Waals surface area contributed by atoms with Crippen molar-refractivity contribution in [2.45, 2.75) is 6.42 Å². The summed E-state index contributed by atoms with van der Waals surface area (Å²) in [6, 6.07) is 10.6. The summed E-state index contributed by atoms with van der Waals surface area (Å²) in [5, 5.41) is 2.79. The van der Waals surface area contributed by atoms with Crippen LogP contribution in [0.4, 0.5) is 5.69 Å². The number of esters is 1. The SMILES string of the molecule is COC(=O)c1ccc2c(c1)NC(=O)/C2=C\c1cccc2c1OCCCO2. The van der Waals surface area contributed by atoms with E-state index in [9.17, 15) is 9.59 Å². The van der Waals surface area contributed by atoms with Crippen LogP contribution in [0.1, 0.15) is 27.9 Å². The van der Waals surface area contributed by atoms with E-state index in [0.29, 0.717) is 41.5 Å². The van der Waals surface area contributed by atoms with Crippen molar-refractivity contribution >= 4 is 29.2 Å². The van der Waals surface area contributed by atoms with Gasteiger partial charge in [-0.05, 0) is 24.3 Å². The summed E-state index contributed by atoms with van der Waals surface area (Å²) in [6.07, 6.45) is 2.59. The summed E-state index contributed by atoms with van der Waals surface area (Å²) in [7, 11) is 1.32. The van der Waals surface area contributed by atoms with Gasteiger partial charge in [0.15, 0.2) is 11.5 Å². The maximum atomic E-state index is 12.5. The Morgan fingerprint density at radius 1 is 1.19 bits per heavy atom. The van der Waals surface area contributed by atoms with Gasteiger partial charge in [0.25, 0.3) is 5.91 Å². The van der Waals surface area contributed by atoms with Crippen LogP contribution in [0.5, 0.6) is 11.5 Å². The van der Waals surface area contributed by atoms with E-state index in [-0.39, 0.29) is 5.91 Å². The Kier molecular flexibility index (Phi) is 4.08. The summed E-state index contributed by atoms with van der Waals surface area (Å²) in [4.78, 5) is 24.1. The van der Waals surface area contributed by atoms with Crippen molar-refractivity contribution < 1.29 is 23.8 Å². The highest BCUT2D eigenvalue weighted by Crippen LogP contribution is 2.38. The first-order valence-corrected chi connectivity index (χ1v) is 8.32. The van der Waals surface area contributed by atoms with Crippen LogP contribution in [-0.4, -0.2) is 32.2 Å². The lowest BCUT2D eigenvalue weighted by Gasteiger charge is -2.10. The van der Waals surface area contributed by atoms with Crippen LogP contribution >= 0.6 is 0 Å². The van der Waals surface area contributed by atoms with Gasteiger partial charge in [0.05, 0.1) is 25.9 Å². The van der Waals surface area contributed by atoms with E-state index in [4.69, 9.17) is 14.2 Å². The number of rotatable bonds is 2. The predicted molar refractivity (Wildman–Crippen MR) is 96.3 cm³/mol. The molecule has 1 amide bonds. The highest BCUT2D eigenvalue weighted by Gasteiger charge is 2.26. The van der Waals surface area contributed by atoms with E-state index in [1.165, 1.54) is 7.11 Å². The van der Waals surface area contributed by atoms with Gasteiger partial charge in [-0.3, -0.25) is 4.79 Å². The third-order valence-electron chi connectivity index (χ3n) is 4.33. The number of amides is 1. The fourth-order valence-electron chi connectivity index (χ4n) is 3.07. The van der Waals surface area contributed by atoms with Gasteiger partial charge in [-0.1, -0.05) is 18.2 Å². The maximum absolute atomic E-state index is 12.5. The first-order chi connectivity index (χ1) is 12.7. The molecule has 0 aliphatic carbocycles. The Morgan fingerprint density at radius 3 is 2.88 bits per heavy atom. The van der Waals surface area contributed by atoms with Gasteiger partial charge in [0.2, 0.25) is 0 Å². The van der Waals surface area contributed by atoms with E-state index in [1.54, 1.807) is 24.3 Å². The number of anilines is 1. The van der Waals surface area contributed by atoms with Crippen LogP contribution in [-0.2, 0) is 9.53 Å². The average Bonchev–Trinajstić information content (AvgIpc) is 2.83. The normalized spacial score (nSPS) is 16.7. The zero-order valence-electron chi connectivity index (χ0n) is 14.2. The molecule has 0 saturated carbocycles. The molecule has 0 saturated heterocycles. The minimum Gasteiger partial charge on any atom is -0.490 e. The number of carbonyl (C=O) groups excluding carboxylic acids is 2. The molecule has 2 aromatic carbocycles. The van der Waals surface area contributed by atoms with Crippen molar-refractivity contribution in [2.24, 2.45) is 0 Å². The first-order valence-electron chi connectivity index (χ1n) is 8.32.